The summed E-state index contributed by atoms with van der Waals surface area (Å²) in [5.74, 6) is -0.0719. The molecule has 7 nitrogen and oxygen atoms in total. The Labute approximate surface area is 168 Å². The van der Waals surface area contributed by atoms with Crippen molar-refractivity contribution in [1.82, 2.24) is 5.43 Å². The van der Waals surface area contributed by atoms with Gasteiger partial charge in [-0.05, 0) is 55.8 Å². The highest BCUT2D eigenvalue weighted by Gasteiger charge is 2.09. The molecule has 0 saturated carbocycles. The Bertz CT molecular complexity index is 866. The molecular formula is C20H22ClN3O4. The van der Waals surface area contributed by atoms with Gasteiger partial charge in [-0.25, -0.2) is 5.43 Å². The molecule has 3 N–H and O–H groups in total. The van der Waals surface area contributed by atoms with Crippen molar-refractivity contribution in [2.75, 3.05) is 11.9 Å². The van der Waals surface area contributed by atoms with Crippen LogP contribution in [0.15, 0.2) is 47.6 Å². The fourth-order valence-electron chi connectivity index (χ4n) is 2.27. The molecule has 0 radical (unpaired) electrons. The molecule has 0 unspecified atom stereocenters. The molecule has 0 aliphatic carbocycles. The lowest BCUT2D eigenvalue weighted by atomic mass is 10.1. The highest BCUT2D eigenvalue weighted by Crippen LogP contribution is 2.22. The second-order valence-electron chi connectivity index (χ2n) is 6.00. The Morgan fingerprint density at radius 3 is 2.54 bits per heavy atom. The van der Waals surface area contributed by atoms with E-state index in [0.29, 0.717) is 34.2 Å². The van der Waals surface area contributed by atoms with Gasteiger partial charge in [0.1, 0.15) is 11.5 Å². The molecule has 148 valence electrons. The summed E-state index contributed by atoms with van der Waals surface area (Å²) in [7, 11) is 0. The number of rotatable bonds is 8. The second-order valence-corrected chi connectivity index (χ2v) is 6.44. The number of ether oxygens (including phenoxy) is 1. The summed E-state index contributed by atoms with van der Waals surface area (Å²) in [5.41, 5.74) is 3.68. The molecule has 28 heavy (non-hydrogen) atoms. The molecule has 2 aromatic rings. The number of phenolic OH excluding ortho intramolecular Hbond substituents is 1. The number of hydrazone groups is 1. The molecule has 0 fully saturated rings. The molecule has 8 heteroatoms. The zero-order valence-corrected chi connectivity index (χ0v) is 16.4. The van der Waals surface area contributed by atoms with Crippen LogP contribution in [0.1, 0.15) is 32.3 Å². The van der Waals surface area contributed by atoms with E-state index in [2.05, 4.69) is 15.8 Å². The summed E-state index contributed by atoms with van der Waals surface area (Å²) in [5, 5.41) is 17.3. The van der Waals surface area contributed by atoms with Gasteiger partial charge in [-0.15, -0.1) is 0 Å². The van der Waals surface area contributed by atoms with Gasteiger partial charge in [0.15, 0.2) is 6.61 Å². The average Bonchev–Trinajstić information content (AvgIpc) is 2.67. The largest absolute Gasteiger partial charge is 0.507 e. The average molecular weight is 404 g/mol. The highest BCUT2D eigenvalue weighted by atomic mass is 35.5. The van der Waals surface area contributed by atoms with Crippen LogP contribution in [0.4, 0.5) is 5.69 Å². The van der Waals surface area contributed by atoms with Gasteiger partial charge in [-0.2, -0.15) is 5.10 Å². The minimum absolute atomic E-state index is 0.0126. The predicted molar refractivity (Wildman–Crippen MR) is 109 cm³/mol. The van der Waals surface area contributed by atoms with E-state index >= 15 is 0 Å². The van der Waals surface area contributed by atoms with E-state index in [1.165, 1.54) is 6.07 Å². The third kappa shape index (κ3) is 6.59. The number of carbonyl (C=O) groups excluding carboxylic acids is 2. The van der Waals surface area contributed by atoms with Crippen molar-refractivity contribution in [1.29, 1.82) is 0 Å². The van der Waals surface area contributed by atoms with E-state index < -0.39 is 5.91 Å². The molecule has 0 aliphatic rings. The molecule has 0 aliphatic heterocycles. The zero-order chi connectivity index (χ0) is 20.5. The number of halogens is 1. The molecule has 0 bridgehead atoms. The summed E-state index contributed by atoms with van der Waals surface area (Å²) in [6.07, 6.45) is 1.15. The van der Waals surface area contributed by atoms with Crippen molar-refractivity contribution in [2.24, 2.45) is 5.10 Å². The van der Waals surface area contributed by atoms with Crippen LogP contribution in [-0.2, 0) is 9.59 Å². The summed E-state index contributed by atoms with van der Waals surface area (Å²) in [6.45, 7) is 3.32. The maximum Gasteiger partial charge on any atom is 0.277 e. The number of anilines is 1. The topological polar surface area (TPSA) is 100 Å². The van der Waals surface area contributed by atoms with Gasteiger partial charge in [0.2, 0.25) is 5.91 Å². The molecule has 2 aromatic carbocycles. The molecule has 0 saturated heterocycles. The van der Waals surface area contributed by atoms with Crippen molar-refractivity contribution >= 4 is 34.8 Å². The minimum Gasteiger partial charge on any atom is -0.507 e. The van der Waals surface area contributed by atoms with Crippen molar-refractivity contribution in [3.05, 3.63) is 53.1 Å². The number of aromatic hydroxyl groups is 1. The molecule has 0 aromatic heterocycles. The van der Waals surface area contributed by atoms with Gasteiger partial charge in [0.05, 0.1) is 5.71 Å². The first kappa shape index (κ1) is 21.2. The third-order valence-corrected chi connectivity index (χ3v) is 3.93. The Kier molecular flexibility index (Phi) is 7.83. The predicted octanol–water partition coefficient (Wildman–Crippen LogP) is 3.70. The maximum absolute atomic E-state index is 11.9. The van der Waals surface area contributed by atoms with Crippen LogP contribution >= 0.6 is 11.6 Å². The normalized spacial score (nSPS) is 11.0. The number of phenols is 1. The van der Waals surface area contributed by atoms with Crippen molar-refractivity contribution in [3.63, 3.8) is 0 Å². The lowest BCUT2D eigenvalue weighted by molar-refractivity contribution is -0.123. The first-order valence-corrected chi connectivity index (χ1v) is 9.11. The first-order valence-electron chi connectivity index (χ1n) is 8.73. The van der Waals surface area contributed by atoms with E-state index in [9.17, 15) is 14.7 Å². The molecule has 2 rings (SSSR count). The van der Waals surface area contributed by atoms with E-state index in [0.717, 1.165) is 6.42 Å². The van der Waals surface area contributed by atoms with Crippen LogP contribution in [0.5, 0.6) is 11.5 Å². The lowest BCUT2D eigenvalue weighted by Gasteiger charge is -2.09. The van der Waals surface area contributed by atoms with Crippen molar-refractivity contribution in [2.45, 2.75) is 26.7 Å². The quantitative estimate of drug-likeness (QED) is 0.355. The second kappa shape index (κ2) is 10.3. The summed E-state index contributed by atoms with van der Waals surface area (Å²) >= 11 is 5.79. The Morgan fingerprint density at radius 1 is 1.14 bits per heavy atom. The summed E-state index contributed by atoms with van der Waals surface area (Å²) in [6, 6.07) is 11.3. The van der Waals surface area contributed by atoms with E-state index in [1.54, 1.807) is 43.3 Å². The van der Waals surface area contributed by atoms with Crippen LogP contribution in [0.3, 0.4) is 0 Å². The van der Waals surface area contributed by atoms with Crippen LogP contribution < -0.4 is 15.5 Å². The number of nitrogens with zero attached hydrogens (tertiary/aromatic N) is 1. The molecular weight excluding hydrogens is 382 g/mol. The van der Waals surface area contributed by atoms with Gasteiger partial charge in [0, 0.05) is 22.7 Å². The number of benzene rings is 2. The van der Waals surface area contributed by atoms with Gasteiger partial charge in [-0.1, -0.05) is 18.5 Å². The third-order valence-electron chi connectivity index (χ3n) is 3.68. The molecule has 0 atom stereocenters. The van der Waals surface area contributed by atoms with Crippen LogP contribution in [0, 0.1) is 0 Å². The fourth-order valence-corrected chi connectivity index (χ4v) is 2.40. The summed E-state index contributed by atoms with van der Waals surface area (Å²) < 4.78 is 5.33. The van der Waals surface area contributed by atoms with E-state index in [1.807, 2.05) is 6.92 Å². The fraction of sp³-hybridized carbons (Fsp3) is 0.250. The zero-order valence-electron chi connectivity index (χ0n) is 15.7. The Morgan fingerprint density at radius 2 is 1.86 bits per heavy atom. The monoisotopic (exact) mass is 403 g/mol. The lowest BCUT2D eigenvalue weighted by Crippen LogP contribution is -2.25. The molecule has 0 heterocycles. The van der Waals surface area contributed by atoms with Crippen LogP contribution in [0.25, 0.3) is 0 Å². The van der Waals surface area contributed by atoms with Crippen LogP contribution in [0.2, 0.25) is 5.02 Å². The number of nitrogens with one attached hydrogen (secondary N) is 2. The van der Waals surface area contributed by atoms with Gasteiger partial charge in [0.25, 0.3) is 5.91 Å². The summed E-state index contributed by atoms with van der Waals surface area (Å²) in [4.78, 5) is 23.6. The van der Waals surface area contributed by atoms with Gasteiger partial charge < -0.3 is 15.2 Å². The van der Waals surface area contributed by atoms with E-state index in [4.69, 9.17) is 16.3 Å². The van der Waals surface area contributed by atoms with Gasteiger partial charge >= 0.3 is 0 Å². The van der Waals surface area contributed by atoms with Crippen molar-refractivity contribution < 1.29 is 19.4 Å². The first-order chi connectivity index (χ1) is 13.4. The number of hydrogen-bond acceptors (Lipinski definition) is 5. The minimum atomic E-state index is -0.457. The van der Waals surface area contributed by atoms with Crippen molar-refractivity contribution in [3.8, 4) is 11.5 Å². The number of hydrogen-bond donors (Lipinski definition) is 3. The SMILES string of the molecule is CCCC(=O)Nc1ccc(O)c(/C(C)=N/NC(=O)COc2ccc(Cl)cc2)c1. The van der Waals surface area contributed by atoms with E-state index in [-0.39, 0.29) is 18.3 Å². The molecule has 2 amide bonds. The van der Waals surface area contributed by atoms with Crippen LogP contribution in [-0.4, -0.2) is 29.2 Å². The Balaban J connectivity index is 1.96. The molecule has 0 spiro atoms. The Hall–Kier alpha value is -3.06. The maximum atomic E-state index is 11.9. The number of carbonyl (C=O) groups is 2. The van der Waals surface area contributed by atoms with Gasteiger partial charge in [-0.3, -0.25) is 9.59 Å². The standard InChI is InChI=1S/C20H22ClN3O4/c1-3-4-19(26)22-15-7-10-18(25)17(11-15)13(2)23-24-20(27)12-28-16-8-5-14(21)6-9-16/h5-11,25H,3-4,12H2,1-2H3,(H,22,26)(H,24,27)/b23-13+. The highest BCUT2D eigenvalue weighted by molar-refractivity contribution is 6.30. The number of amides is 2. The smallest absolute Gasteiger partial charge is 0.277 e.